The topological polar surface area (TPSA) is 97.5 Å². The Labute approximate surface area is 192 Å². The summed E-state index contributed by atoms with van der Waals surface area (Å²) in [6, 6.07) is 8.43. The minimum absolute atomic E-state index is 0.00841. The number of anilines is 1. The van der Waals surface area contributed by atoms with Crippen molar-refractivity contribution >= 4 is 22.9 Å². The van der Waals surface area contributed by atoms with Crippen LogP contribution in [0.4, 0.5) is 10.1 Å². The maximum atomic E-state index is 15.2. The number of hydrogen-bond acceptors (Lipinski definition) is 6. The molecule has 6 nitrogen and oxygen atoms in total. The van der Waals surface area contributed by atoms with Gasteiger partial charge in [-0.25, -0.2) is 4.39 Å². The van der Waals surface area contributed by atoms with Crippen molar-refractivity contribution in [1.82, 2.24) is 4.98 Å². The summed E-state index contributed by atoms with van der Waals surface area (Å²) in [6.07, 6.45) is 8.11. The number of rotatable bonds is 6. The molecule has 33 heavy (non-hydrogen) atoms. The number of fused-ring (bicyclic) bond motifs is 1. The normalized spacial score (nSPS) is 21.5. The maximum absolute atomic E-state index is 15.2. The monoisotopic (exact) mass is 449 g/mol. The number of benzene rings is 2. The minimum atomic E-state index is -0.523. The lowest BCUT2D eigenvalue weighted by Gasteiger charge is -2.30. The molecule has 3 aromatic rings. The standard InChI is InChI=1S/C26H28FN3O3/c1-33-24-10-15(2-7-23(24)32)18-11-19-22(12-21(18)27)29-13-20(26(14-31)8-9-26)25(19)30-17-5-3-16(28)4-6-17/h2,7,10-14,16-17,32H,3-6,8-9,28H2,1H3,(H,29,30)/t16-,17-. The molecular weight excluding hydrogens is 421 g/mol. The van der Waals surface area contributed by atoms with Gasteiger partial charge in [-0.2, -0.15) is 0 Å². The van der Waals surface area contributed by atoms with Crippen LogP contribution < -0.4 is 15.8 Å². The van der Waals surface area contributed by atoms with E-state index in [0.29, 0.717) is 16.6 Å². The van der Waals surface area contributed by atoms with E-state index in [2.05, 4.69) is 10.3 Å². The van der Waals surface area contributed by atoms with Crippen LogP contribution in [0.1, 0.15) is 44.1 Å². The first kappa shape index (κ1) is 21.6. The largest absolute Gasteiger partial charge is 0.504 e. The first-order valence-corrected chi connectivity index (χ1v) is 11.4. The van der Waals surface area contributed by atoms with Gasteiger partial charge in [0, 0.05) is 46.5 Å². The number of ether oxygens (including phenoxy) is 1. The van der Waals surface area contributed by atoms with Gasteiger partial charge in [0.25, 0.3) is 0 Å². The van der Waals surface area contributed by atoms with Crippen molar-refractivity contribution in [2.45, 2.75) is 56.0 Å². The van der Waals surface area contributed by atoms with Crippen LogP contribution >= 0.6 is 0 Å². The summed E-state index contributed by atoms with van der Waals surface area (Å²) >= 11 is 0. The van der Waals surface area contributed by atoms with Crippen LogP contribution in [0.15, 0.2) is 36.5 Å². The summed E-state index contributed by atoms with van der Waals surface area (Å²) in [5, 5.41) is 14.4. The number of phenols is 1. The second kappa shape index (κ2) is 8.30. The van der Waals surface area contributed by atoms with E-state index in [1.165, 1.54) is 19.2 Å². The van der Waals surface area contributed by atoms with Crippen molar-refractivity contribution in [3.05, 3.63) is 47.9 Å². The molecule has 2 aromatic carbocycles. The molecule has 0 unspecified atom stereocenters. The Morgan fingerprint density at radius 3 is 2.64 bits per heavy atom. The van der Waals surface area contributed by atoms with Crippen molar-refractivity contribution in [2.24, 2.45) is 5.73 Å². The first-order chi connectivity index (χ1) is 15.9. The van der Waals surface area contributed by atoms with Gasteiger partial charge in [0.15, 0.2) is 11.5 Å². The SMILES string of the molecule is COc1cc(-c2cc3c(N[C@H]4CC[C@H](N)CC4)c(C4(C=O)CC4)cnc3cc2F)ccc1O. The lowest BCUT2D eigenvalue weighted by atomic mass is 9.89. The Hall–Kier alpha value is -3.19. The number of carbonyl (C=O) groups is 1. The summed E-state index contributed by atoms with van der Waals surface area (Å²) in [7, 11) is 1.46. The number of halogens is 1. The summed E-state index contributed by atoms with van der Waals surface area (Å²) in [5.41, 5.74) is 8.80. The number of aromatic hydroxyl groups is 1. The number of pyridine rings is 1. The molecule has 2 fully saturated rings. The number of phenolic OH excluding ortho intramolecular Hbond substituents is 1. The van der Waals surface area contributed by atoms with Gasteiger partial charge in [-0.1, -0.05) is 6.07 Å². The summed E-state index contributed by atoms with van der Waals surface area (Å²) in [5.74, 6) is -0.152. The molecule has 0 amide bonds. The van der Waals surface area contributed by atoms with Gasteiger partial charge in [0.1, 0.15) is 12.1 Å². The van der Waals surface area contributed by atoms with Crippen LogP contribution in [0.3, 0.4) is 0 Å². The number of methoxy groups -OCH3 is 1. The zero-order chi connectivity index (χ0) is 23.2. The fourth-order valence-electron chi connectivity index (χ4n) is 4.87. The van der Waals surface area contributed by atoms with Crippen LogP contribution in [-0.4, -0.2) is 35.6 Å². The Morgan fingerprint density at radius 1 is 1.21 bits per heavy atom. The highest BCUT2D eigenvalue weighted by atomic mass is 19.1. The molecule has 0 spiro atoms. The van der Waals surface area contributed by atoms with E-state index in [0.717, 1.165) is 61.4 Å². The molecule has 1 heterocycles. The van der Waals surface area contributed by atoms with E-state index in [-0.39, 0.29) is 23.6 Å². The summed E-state index contributed by atoms with van der Waals surface area (Å²) < 4.78 is 20.4. The van der Waals surface area contributed by atoms with Crippen LogP contribution in [0.25, 0.3) is 22.0 Å². The summed E-state index contributed by atoms with van der Waals surface area (Å²) in [4.78, 5) is 16.5. The number of nitrogens with zero attached hydrogens (tertiary/aromatic N) is 1. The van der Waals surface area contributed by atoms with Gasteiger partial charge in [-0.3, -0.25) is 4.98 Å². The van der Waals surface area contributed by atoms with Gasteiger partial charge in [-0.15, -0.1) is 0 Å². The molecule has 2 saturated carbocycles. The number of hydrogen-bond donors (Lipinski definition) is 3. The van der Waals surface area contributed by atoms with Gasteiger partial charge >= 0.3 is 0 Å². The molecule has 172 valence electrons. The van der Waals surface area contributed by atoms with Crippen LogP contribution in [0.2, 0.25) is 0 Å². The average molecular weight is 450 g/mol. The van der Waals surface area contributed by atoms with Crippen molar-refractivity contribution in [3.8, 4) is 22.6 Å². The second-order valence-corrected chi connectivity index (χ2v) is 9.31. The van der Waals surface area contributed by atoms with E-state index in [1.54, 1.807) is 24.4 Å². The first-order valence-electron chi connectivity index (χ1n) is 11.4. The summed E-state index contributed by atoms with van der Waals surface area (Å²) in [6.45, 7) is 0. The Bertz CT molecular complexity index is 1220. The molecular formula is C26H28FN3O3. The van der Waals surface area contributed by atoms with Crippen molar-refractivity contribution in [3.63, 3.8) is 0 Å². The molecule has 0 aliphatic heterocycles. The average Bonchev–Trinajstić information content (AvgIpc) is 3.62. The maximum Gasteiger partial charge on any atom is 0.161 e. The van der Waals surface area contributed by atoms with Crippen molar-refractivity contribution in [2.75, 3.05) is 12.4 Å². The van der Waals surface area contributed by atoms with Crippen LogP contribution in [0.5, 0.6) is 11.5 Å². The number of aldehydes is 1. The highest BCUT2D eigenvalue weighted by Gasteiger charge is 2.46. The van der Waals surface area contributed by atoms with E-state index in [9.17, 15) is 9.90 Å². The van der Waals surface area contributed by atoms with Gasteiger partial charge in [0.2, 0.25) is 0 Å². The molecule has 1 aromatic heterocycles. The van der Waals surface area contributed by atoms with E-state index >= 15 is 4.39 Å². The molecule has 5 rings (SSSR count). The smallest absolute Gasteiger partial charge is 0.161 e. The minimum Gasteiger partial charge on any atom is -0.504 e. The fourth-order valence-corrected chi connectivity index (χ4v) is 4.87. The molecule has 2 aliphatic carbocycles. The van der Waals surface area contributed by atoms with E-state index < -0.39 is 11.2 Å². The quantitative estimate of drug-likeness (QED) is 0.473. The van der Waals surface area contributed by atoms with Crippen LogP contribution in [-0.2, 0) is 10.2 Å². The predicted molar refractivity (Wildman–Crippen MR) is 126 cm³/mol. The second-order valence-electron chi connectivity index (χ2n) is 9.31. The highest BCUT2D eigenvalue weighted by Crippen LogP contribution is 2.50. The van der Waals surface area contributed by atoms with Gasteiger partial charge in [-0.05, 0) is 62.3 Å². The van der Waals surface area contributed by atoms with Crippen molar-refractivity contribution in [1.29, 1.82) is 0 Å². The van der Waals surface area contributed by atoms with Gasteiger partial charge < -0.3 is 25.7 Å². The van der Waals surface area contributed by atoms with E-state index in [4.69, 9.17) is 10.5 Å². The fraction of sp³-hybridized carbons (Fsp3) is 0.385. The molecule has 0 atom stereocenters. The molecule has 0 bridgehead atoms. The molecule has 0 saturated heterocycles. The molecule has 2 aliphatic rings. The number of aromatic nitrogens is 1. The zero-order valence-corrected chi connectivity index (χ0v) is 18.6. The van der Waals surface area contributed by atoms with Gasteiger partial charge in [0.05, 0.1) is 18.0 Å². The zero-order valence-electron chi connectivity index (χ0n) is 18.6. The third-order valence-electron chi connectivity index (χ3n) is 7.12. The predicted octanol–water partition coefficient (Wildman–Crippen LogP) is 4.67. The number of nitrogens with two attached hydrogens (primary N) is 1. The highest BCUT2D eigenvalue weighted by molar-refractivity contribution is 5.98. The Kier molecular flexibility index (Phi) is 5.44. The number of carbonyl (C=O) groups excluding carboxylic acids is 1. The third kappa shape index (κ3) is 3.91. The molecule has 4 N–H and O–H groups in total. The Morgan fingerprint density at radius 2 is 1.97 bits per heavy atom. The van der Waals surface area contributed by atoms with Crippen molar-refractivity contribution < 1.29 is 19.0 Å². The Balaban J connectivity index is 1.66. The third-order valence-corrected chi connectivity index (χ3v) is 7.12. The lowest BCUT2D eigenvalue weighted by molar-refractivity contribution is -0.109. The number of nitrogens with one attached hydrogen (secondary N) is 1. The van der Waals surface area contributed by atoms with E-state index in [1.807, 2.05) is 0 Å². The lowest BCUT2D eigenvalue weighted by Crippen LogP contribution is -2.33. The molecule has 7 heteroatoms. The molecule has 0 radical (unpaired) electrons. The van der Waals surface area contributed by atoms with Crippen LogP contribution in [0, 0.1) is 5.82 Å².